The molecule has 0 amide bonds. The third kappa shape index (κ3) is 5.80. The van der Waals surface area contributed by atoms with E-state index < -0.39 is 5.97 Å². The van der Waals surface area contributed by atoms with Crippen LogP contribution in [0.1, 0.15) is 35.2 Å². The summed E-state index contributed by atoms with van der Waals surface area (Å²) in [5.41, 5.74) is 6.46. The number of nitrogens with two attached hydrogens (primary N) is 1. The Bertz CT molecular complexity index is 711. The van der Waals surface area contributed by atoms with E-state index in [4.69, 9.17) is 15.2 Å². The van der Waals surface area contributed by atoms with Gasteiger partial charge in [-0.1, -0.05) is 41.6 Å². The molecular weight excluding hydrogens is 324 g/mol. The highest BCUT2D eigenvalue weighted by Crippen LogP contribution is 2.16. The molecule has 0 spiro atoms. The average molecular weight is 344 g/mol. The zero-order valence-electron chi connectivity index (χ0n) is 13.7. The van der Waals surface area contributed by atoms with Crippen molar-refractivity contribution < 1.29 is 23.6 Å². The Morgan fingerprint density at radius 3 is 2.72 bits per heavy atom. The molecule has 2 N–H and O–H groups in total. The first-order chi connectivity index (χ1) is 12.1. The highest BCUT2D eigenvalue weighted by molar-refractivity contribution is 5.93. The van der Waals surface area contributed by atoms with Crippen LogP contribution in [0.25, 0.3) is 0 Å². The molecule has 1 fully saturated rings. The van der Waals surface area contributed by atoms with E-state index >= 15 is 0 Å². The van der Waals surface area contributed by atoms with Crippen molar-refractivity contribution in [3.63, 3.8) is 0 Å². The lowest BCUT2D eigenvalue weighted by Gasteiger charge is -2.02. The van der Waals surface area contributed by atoms with Crippen LogP contribution in [-0.2, 0) is 20.9 Å². The quantitative estimate of drug-likeness (QED) is 0.657. The van der Waals surface area contributed by atoms with Gasteiger partial charge in [-0.25, -0.2) is 4.79 Å². The summed E-state index contributed by atoms with van der Waals surface area (Å²) in [6.07, 6.45) is 5.32. The van der Waals surface area contributed by atoms with Crippen molar-refractivity contribution in [1.82, 2.24) is 5.16 Å². The molecule has 0 bridgehead atoms. The molecule has 25 heavy (non-hydrogen) atoms. The summed E-state index contributed by atoms with van der Waals surface area (Å²) >= 11 is 0. The highest BCUT2D eigenvalue weighted by Gasteiger charge is 2.21. The average Bonchev–Trinajstić information content (AvgIpc) is 3.23. The molecule has 0 aliphatic carbocycles. The van der Waals surface area contributed by atoms with E-state index in [0.717, 1.165) is 18.4 Å². The molecular formula is C18H20N2O5. The third-order valence-corrected chi connectivity index (χ3v) is 3.43. The Balaban J connectivity index is 0.000000212. The van der Waals surface area contributed by atoms with Gasteiger partial charge in [0.2, 0.25) is 0 Å². The Morgan fingerprint density at radius 2 is 2.16 bits per heavy atom. The van der Waals surface area contributed by atoms with Crippen molar-refractivity contribution in [3.05, 3.63) is 60.4 Å². The smallest absolute Gasteiger partial charge is 0.345 e. The Kier molecular flexibility index (Phi) is 6.76. The Hall–Kier alpha value is -3.09. The third-order valence-electron chi connectivity index (χ3n) is 3.43. The normalized spacial score (nSPS) is 15.7. The van der Waals surface area contributed by atoms with Crippen molar-refractivity contribution in [2.45, 2.75) is 32.0 Å². The van der Waals surface area contributed by atoms with E-state index in [9.17, 15) is 9.59 Å². The first-order valence-electron chi connectivity index (χ1n) is 7.81. The number of nitrogens with zero attached hydrogens (tertiary/aromatic N) is 1. The lowest BCUT2D eigenvalue weighted by molar-refractivity contribution is -0.141. The minimum atomic E-state index is -0.539. The van der Waals surface area contributed by atoms with Gasteiger partial charge in [0.15, 0.2) is 5.82 Å². The van der Waals surface area contributed by atoms with Gasteiger partial charge in [0.05, 0.1) is 0 Å². The maximum atomic E-state index is 11.5. The Labute approximate surface area is 145 Å². The van der Waals surface area contributed by atoms with Gasteiger partial charge in [0.1, 0.15) is 24.5 Å². The predicted molar refractivity (Wildman–Crippen MR) is 90.4 cm³/mol. The molecule has 132 valence electrons. The van der Waals surface area contributed by atoms with Crippen LogP contribution in [-0.4, -0.2) is 23.2 Å². The van der Waals surface area contributed by atoms with Crippen LogP contribution in [0.4, 0.5) is 5.82 Å². The van der Waals surface area contributed by atoms with E-state index in [2.05, 4.69) is 16.3 Å². The van der Waals surface area contributed by atoms with Crippen LogP contribution in [0, 0.1) is 0 Å². The lowest BCUT2D eigenvalue weighted by atomic mass is 10.2. The maximum Gasteiger partial charge on any atom is 0.345 e. The summed E-state index contributed by atoms with van der Waals surface area (Å²) in [5, 5.41) is 3.39. The molecule has 2 aromatic rings. The molecule has 1 aliphatic heterocycles. The van der Waals surface area contributed by atoms with Crippen LogP contribution >= 0.6 is 0 Å². The molecule has 3 rings (SSSR count). The first-order valence-corrected chi connectivity index (χ1v) is 7.81. The minimum absolute atomic E-state index is 0.0399. The number of aromatic nitrogens is 1. The molecule has 0 saturated carbocycles. The molecule has 7 nitrogen and oxygen atoms in total. The molecule has 1 aliphatic rings. The molecule has 7 heteroatoms. The summed E-state index contributed by atoms with van der Waals surface area (Å²) in [6, 6.07) is 9.37. The summed E-state index contributed by atoms with van der Waals surface area (Å²) in [4.78, 5) is 22.0. The fourth-order valence-corrected chi connectivity index (χ4v) is 2.13. The number of ether oxygens (including phenoxy) is 2. The summed E-state index contributed by atoms with van der Waals surface area (Å²) in [7, 11) is 0. The number of carbonyl (C=O) groups excluding carboxylic acids is 2. The second-order valence-corrected chi connectivity index (χ2v) is 5.35. The number of nitrogen functional groups attached to an aromatic ring is 1. The molecule has 1 aromatic heterocycles. The van der Waals surface area contributed by atoms with Crippen molar-refractivity contribution in [2.24, 2.45) is 0 Å². The van der Waals surface area contributed by atoms with Gasteiger partial charge in [-0.3, -0.25) is 4.79 Å². The standard InChI is InChI=1S/C11H10N2O3.C7H10O2/c12-10-9(7-16-13-10)11(14)15-6-8-4-2-1-3-5-8;1-2-3-6-4-5-7(8)9-6/h1-5,7H,6H2,(H2,12,13);2,6H,1,3-5H2. The van der Waals surface area contributed by atoms with Gasteiger partial charge >= 0.3 is 11.9 Å². The van der Waals surface area contributed by atoms with Gasteiger partial charge < -0.3 is 19.7 Å². The number of hydrogen-bond donors (Lipinski definition) is 1. The topological polar surface area (TPSA) is 105 Å². The lowest BCUT2D eigenvalue weighted by Crippen LogP contribution is -2.06. The van der Waals surface area contributed by atoms with Gasteiger partial charge in [0.25, 0.3) is 0 Å². The van der Waals surface area contributed by atoms with Gasteiger partial charge in [0, 0.05) is 12.8 Å². The number of esters is 2. The number of carbonyl (C=O) groups is 2. The maximum absolute atomic E-state index is 11.5. The molecule has 1 atom stereocenters. The fourth-order valence-electron chi connectivity index (χ4n) is 2.13. The SMILES string of the molecule is C=CCC1CCC(=O)O1.Nc1nocc1C(=O)OCc1ccccc1. The number of anilines is 1. The summed E-state index contributed by atoms with van der Waals surface area (Å²) in [6.45, 7) is 3.76. The second kappa shape index (κ2) is 9.27. The van der Waals surface area contributed by atoms with Crippen molar-refractivity contribution in [3.8, 4) is 0 Å². The predicted octanol–water partition coefficient (Wildman–Crippen LogP) is 2.88. The highest BCUT2D eigenvalue weighted by atomic mass is 16.5. The second-order valence-electron chi connectivity index (χ2n) is 5.35. The van der Waals surface area contributed by atoms with Crippen molar-refractivity contribution in [1.29, 1.82) is 0 Å². The van der Waals surface area contributed by atoms with Gasteiger partial charge in [-0.05, 0) is 12.0 Å². The van der Waals surface area contributed by atoms with E-state index in [-0.39, 0.29) is 30.1 Å². The van der Waals surface area contributed by atoms with E-state index in [1.54, 1.807) is 6.08 Å². The molecule has 1 saturated heterocycles. The van der Waals surface area contributed by atoms with Crippen LogP contribution in [0.2, 0.25) is 0 Å². The van der Waals surface area contributed by atoms with Crippen LogP contribution in [0.3, 0.4) is 0 Å². The van der Waals surface area contributed by atoms with Crippen molar-refractivity contribution in [2.75, 3.05) is 5.73 Å². The summed E-state index contributed by atoms with van der Waals surface area (Å²) < 4.78 is 14.5. The minimum Gasteiger partial charge on any atom is -0.462 e. The van der Waals surface area contributed by atoms with E-state index in [1.807, 2.05) is 30.3 Å². The Morgan fingerprint density at radius 1 is 1.40 bits per heavy atom. The zero-order valence-corrected chi connectivity index (χ0v) is 13.7. The van der Waals surface area contributed by atoms with E-state index in [1.165, 1.54) is 6.26 Å². The fraction of sp³-hybridized carbons (Fsp3) is 0.278. The summed E-state index contributed by atoms with van der Waals surface area (Å²) in [5.74, 6) is -0.567. The molecule has 1 aromatic carbocycles. The van der Waals surface area contributed by atoms with Crippen molar-refractivity contribution >= 4 is 17.8 Å². The zero-order chi connectivity index (χ0) is 18.1. The van der Waals surface area contributed by atoms with Gasteiger partial charge in [-0.2, -0.15) is 0 Å². The van der Waals surface area contributed by atoms with Crippen LogP contribution in [0.5, 0.6) is 0 Å². The number of hydrogen-bond acceptors (Lipinski definition) is 7. The molecule has 0 radical (unpaired) electrons. The van der Waals surface area contributed by atoms with Crippen LogP contribution in [0.15, 0.2) is 53.8 Å². The number of benzene rings is 1. The van der Waals surface area contributed by atoms with Crippen LogP contribution < -0.4 is 5.73 Å². The number of cyclic esters (lactones) is 1. The molecule has 1 unspecified atom stereocenters. The first kappa shape index (κ1) is 18.3. The monoisotopic (exact) mass is 344 g/mol. The largest absolute Gasteiger partial charge is 0.462 e. The number of rotatable bonds is 5. The molecule has 2 heterocycles. The van der Waals surface area contributed by atoms with E-state index in [0.29, 0.717) is 6.42 Å². The van der Waals surface area contributed by atoms with Gasteiger partial charge in [-0.15, -0.1) is 6.58 Å².